The minimum absolute atomic E-state index is 0.283. The van der Waals surface area contributed by atoms with Crippen LogP contribution in [0.3, 0.4) is 0 Å². The van der Waals surface area contributed by atoms with Crippen molar-refractivity contribution in [1.82, 2.24) is 15.1 Å². The van der Waals surface area contributed by atoms with Gasteiger partial charge >= 0.3 is 6.09 Å². The monoisotopic (exact) mass is 401 g/mol. The van der Waals surface area contributed by atoms with E-state index in [9.17, 15) is 4.79 Å². The van der Waals surface area contributed by atoms with Crippen molar-refractivity contribution in [3.05, 3.63) is 36.0 Å². The highest BCUT2D eigenvalue weighted by Crippen LogP contribution is 2.40. The molecule has 0 unspecified atom stereocenters. The lowest BCUT2D eigenvalue weighted by Gasteiger charge is -2.42. The summed E-state index contributed by atoms with van der Waals surface area (Å²) in [7, 11) is 0. The van der Waals surface area contributed by atoms with E-state index in [1.165, 1.54) is 0 Å². The van der Waals surface area contributed by atoms with Gasteiger partial charge in [0.05, 0.1) is 0 Å². The van der Waals surface area contributed by atoms with Crippen molar-refractivity contribution >= 4 is 6.09 Å². The van der Waals surface area contributed by atoms with E-state index in [1.54, 1.807) is 4.90 Å². The van der Waals surface area contributed by atoms with Crippen molar-refractivity contribution in [2.75, 3.05) is 13.2 Å². The van der Waals surface area contributed by atoms with Gasteiger partial charge in [0.25, 0.3) is 5.89 Å². The molecule has 1 amide bonds. The predicted molar refractivity (Wildman–Crippen MR) is 104 cm³/mol. The van der Waals surface area contributed by atoms with E-state index in [0.717, 1.165) is 19.3 Å². The van der Waals surface area contributed by atoms with Crippen molar-refractivity contribution in [3.63, 3.8) is 0 Å². The van der Waals surface area contributed by atoms with Crippen LogP contribution < -0.4 is 9.47 Å². The Labute approximate surface area is 170 Å². The molecule has 2 aliphatic heterocycles. The average molecular weight is 401 g/mol. The second kappa shape index (κ2) is 7.24. The smallest absolute Gasteiger partial charge is 0.411 e. The van der Waals surface area contributed by atoms with Crippen molar-refractivity contribution in [1.29, 1.82) is 0 Å². The molecule has 2 atom stereocenters. The molecule has 0 saturated carbocycles. The molecule has 3 heterocycles. The molecule has 0 spiro atoms. The second-order valence-electron chi connectivity index (χ2n) is 8.67. The Bertz CT molecular complexity index is 890. The lowest BCUT2D eigenvalue weighted by Crippen LogP contribution is -2.52. The summed E-state index contributed by atoms with van der Waals surface area (Å²) in [5.74, 6) is 2.06. The molecule has 0 radical (unpaired) electrons. The van der Waals surface area contributed by atoms with Crippen molar-refractivity contribution in [3.8, 4) is 11.5 Å². The largest absolute Gasteiger partial charge is 0.485 e. The molecule has 4 rings (SSSR count). The molecule has 1 aromatic heterocycles. The van der Waals surface area contributed by atoms with Gasteiger partial charge in [0.15, 0.2) is 11.5 Å². The van der Waals surface area contributed by atoms with Crippen molar-refractivity contribution < 1.29 is 23.4 Å². The van der Waals surface area contributed by atoms with Crippen LogP contribution in [0.25, 0.3) is 0 Å². The molecule has 1 aromatic carbocycles. The summed E-state index contributed by atoms with van der Waals surface area (Å²) in [6, 6.07) is 7.46. The van der Waals surface area contributed by atoms with Crippen LogP contribution >= 0.6 is 0 Å². The van der Waals surface area contributed by atoms with Crippen LogP contribution in [0.1, 0.15) is 64.8 Å². The fraction of sp³-hybridized carbons (Fsp3) is 0.571. The number of ether oxygens (including phenoxy) is 3. The number of hydrogen-bond donors (Lipinski definition) is 0. The number of amides is 1. The Morgan fingerprint density at radius 2 is 1.97 bits per heavy atom. The fourth-order valence-electron chi connectivity index (χ4n) is 3.68. The Morgan fingerprint density at radius 1 is 1.21 bits per heavy atom. The second-order valence-corrected chi connectivity index (χ2v) is 8.67. The number of rotatable bonds is 2. The zero-order chi connectivity index (χ0) is 20.6. The number of para-hydroxylation sites is 2. The maximum absolute atomic E-state index is 12.8. The highest BCUT2D eigenvalue weighted by Gasteiger charge is 2.45. The molecule has 8 nitrogen and oxygen atoms in total. The number of carbonyl (C=O) groups excluding carboxylic acids is 1. The lowest BCUT2D eigenvalue weighted by molar-refractivity contribution is -0.0211. The molecule has 1 saturated heterocycles. The normalized spacial score (nSPS) is 24.3. The third-order valence-electron chi connectivity index (χ3n) is 5.19. The molecule has 0 bridgehead atoms. The van der Waals surface area contributed by atoms with Gasteiger partial charge in [0.1, 0.15) is 17.7 Å². The van der Waals surface area contributed by atoms with Gasteiger partial charge in [0, 0.05) is 6.54 Å². The predicted octanol–water partition coefficient (Wildman–Crippen LogP) is 4.22. The molecule has 2 aliphatic rings. The molecule has 156 valence electrons. The van der Waals surface area contributed by atoms with Crippen molar-refractivity contribution in [2.45, 2.75) is 64.2 Å². The van der Waals surface area contributed by atoms with E-state index in [-0.39, 0.29) is 12.7 Å². The zero-order valence-corrected chi connectivity index (χ0v) is 17.3. The first-order valence-corrected chi connectivity index (χ1v) is 9.99. The number of aromatic nitrogens is 2. The number of nitrogens with zero attached hydrogens (tertiary/aromatic N) is 3. The number of piperidine rings is 1. The van der Waals surface area contributed by atoms with Crippen LogP contribution in [0.15, 0.2) is 28.7 Å². The summed E-state index contributed by atoms with van der Waals surface area (Å²) >= 11 is 0. The molecule has 1 fully saturated rings. The molecule has 8 heteroatoms. The summed E-state index contributed by atoms with van der Waals surface area (Å²) in [4.78, 5) is 14.5. The van der Waals surface area contributed by atoms with Gasteiger partial charge in [0.2, 0.25) is 12.0 Å². The molecule has 0 aliphatic carbocycles. The minimum Gasteiger partial charge on any atom is -0.485 e. The van der Waals surface area contributed by atoms with Gasteiger partial charge in [-0.1, -0.05) is 12.1 Å². The Morgan fingerprint density at radius 3 is 2.72 bits per heavy atom. The van der Waals surface area contributed by atoms with Crippen molar-refractivity contribution in [2.24, 2.45) is 0 Å². The number of hydrogen-bond acceptors (Lipinski definition) is 7. The van der Waals surface area contributed by atoms with Gasteiger partial charge in [-0.2, -0.15) is 0 Å². The van der Waals surface area contributed by atoms with Crippen LogP contribution in [-0.2, 0) is 10.3 Å². The number of benzene rings is 1. The third-order valence-corrected chi connectivity index (χ3v) is 5.19. The zero-order valence-electron chi connectivity index (χ0n) is 17.3. The quantitative estimate of drug-likeness (QED) is 0.744. The SMILES string of the molecule is CC(C)(C)OC(=O)N1CCCC[C@]1(C)c1nnc([C@@H]2COc3ccccc3O2)o1. The lowest BCUT2D eigenvalue weighted by atomic mass is 9.88. The Hall–Kier alpha value is -2.77. The van der Waals surface area contributed by atoms with Gasteiger partial charge < -0.3 is 18.6 Å². The molecule has 0 N–H and O–H groups in total. The standard InChI is InChI=1S/C21H27N3O5/c1-20(2,3)29-19(25)24-12-8-7-11-21(24,4)18-23-22-17(28-18)16-13-26-14-9-5-6-10-15(14)27-16/h5-6,9-10,16H,7-8,11-13H2,1-4H3/t16-,21+/m0/s1. The van der Waals surface area contributed by atoms with E-state index in [2.05, 4.69) is 10.2 Å². The molecule has 2 aromatic rings. The van der Waals surface area contributed by atoms with E-state index in [4.69, 9.17) is 18.6 Å². The average Bonchev–Trinajstić information content (AvgIpc) is 3.17. The number of carbonyl (C=O) groups is 1. The number of likely N-dealkylation sites (tertiary alicyclic amines) is 1. The Balaban J connectivity index is 1.56. The van der Waals surface area contributed by atoms with E-state index in [1.807, 2.05) is 52.0 Å². The first-order valence-electron chi connectivity index (χ1n) is 9.99. The molecular formula is C21H27N3O5. The third kappa shape index (κ3) is 3.88. The summed E-state index contributed by atoms with van der Waals surface area (Å²) < 4.78 is 23.3. The summed E-state index contributed by atoms with van der Waals surface area (Å²) in [5.41, 5.74) is -1.30. The summed E-state index contributed by atoms with van der Waals surface area (Å²) in [6.45, 7) is 8.38. The van der Waals surface area contributed by atoms with Crippen LogP contribution in [-0.4, -0.2) is 39.9 Å². The number of fused-ring (bicyclic) bond motifs is 1. The van der Waals surface area contributed by atoms with Crippen LogP contribution in [0, 0.1) is 0 Å². The topological polar surface area (TPSA) is 86.9 Å². The van der Waals surface area contributed by atoms with E-state index >= 15 is 0 Å². The maximum atomic E-state index is 12.8. The first-order chi connectivity index (χ1) is 13.8. The summed E-state index contributed by atoms with van der Waals surface area (Å²) in [6.07, 6.45) is 1.73. The van der Waals surface area contributed by atoms with Gasteiger partial charge in [-0.15, -0.1) is 10.2 Å². The Kier molecular flexibility index (Phi) is 4.88. The fourth-order valence-corrected chi connectivity index (χ4v) is 3.68. The maximum Gasteiger partial charge on any atom is 0.411 e. The van der Waals surface area contributed by atoms with Crippen LogP contribution in [0.2, 0.25) is 0 Å². The minimum atomic E-state index is -0.723. The molecular weight excluding hydrogens is 374 g/mol. The summed E-state index contributed by atoms with van der Waals surface area (Å²) in [5, 5.41) is 8.47. The van der Waals surface area contributed by atoms with Gasteiger partial charge in [-0.05, 0) is 59.1 Å². The van der Waals surface area contributed by atoms with Crippen LogP contribution in [0.5, 0.6) is 11.5 Å². The van der Waals surface area contributed by atoms with Crippen LogP contribution in [0.4, 0.5) is 4.79 Å². The van der Waals surface area contributed by atoms with E-state index in [0.29, 0.717) is 29.8 Å². The van der Waals surface area contributed by atoms with Gasteiger partial charge in [-0.25, -0.2) is 4.79 Å². The van der Waals surface area contributed by atoms with E-state index < -0.39 is 17.2 Å². The van der Waals surface area contributed by atoms with Gasteiger partial charge in [-0.3, -0.25) is 4.90 Å². The highest BCUT2D eigenvalue weighted by molar-refractivity contribution is 5.69. The molecule has 29 heavy (non-hydrogen) atoms. The first kappa shape index (κ1) is 19.5. The highest BCUT2D eigenvalue weighted by atomic mass is 16.6.